The first kappa shape index (κ1) is 21.6. The zero-order chi connectivity index (χ0) is 20.9. The fourth-order valence-electron chi connectivity index (χ4n) is 2.84. The molecule has 0 heterocycles. The lowest BCUT2D eigenvalue weighted by atomic mass is 9.78. The maximum atomic E-state index is 13.6. The molecule has 2 aromatic carbocycles. The minimum Gasteiger partial charge on any atom is -0.494 e. The van der Waals surface area contributed by atoms with Crippen LogP contribution in [0.2, 0.25) is 0 Å². The first-order valence-corrected chi connectivity index (χ1v) is 9.14. The van der Waals surface area contributed by atoms with Crippen molar-refractivity contribution in [2.45, 2.75) is 38.5 Å². The Morgan fingerprint density at radius 2 is 1.82 bits per heavy atom. The minimum atomic E-state index is -0.859. The number of hydrogen-bond donors (Lipinski definition) is 0. The van der Waals surface area contributed by atoms with Gasteiger partial charge >= 0.3 is 0 Å². The van der Waals surface area contributed by atoms with Crippen LogP contribution < -0.4 is 4.74 Å². The second-order valence-corrected chi connectivity index (χ2v) is 7.59. The summed E-state index contributed by atoms with van der Waals surface area (Å²) in [5.74, 6) is -0.927. The number of hydrogen-bond acceptors (Lipinski definition) is 3. The average Bonchev–Trinajstić information content (AvgIpc) is 2.67. The number of methoxy groups -OCH3 is 1. The topological polar surface area (TPSA) is 30.7 Å². The van der Waals surface area contributed by atoms with E-state index in [1.165, 1.54) is 31.4 Å². The van der Waals surface area contributed by atoms with Crippen LogP contribution >= 0.6 is 12.2 Å². The summed E-state index contributed by atoms with van der Waals surface area (Å²) in [6.45, 7) is 10.5. The molecule has 146 valence electrons. The van der Waals surface area contributed by atoms with Crippen molar-refractivity contribution < 1.29 is 18.3 Å². The summed E-state index contributed by atoms with van der Waals surface area (Å²) < 4.78 is 32.0. The van der Waals surface area contributed by atoms with Crippen molar-refractivity contribution in [3.63, 3.8) is 0 Å². The molecule has 2 rings (SSSR count). The van der Waals surface area contributed by atoms with Crippen LogP contribution in [0.15, 0.2) is 36.4 Å². The number of nitrogens with zero attached hydrogens (tertiary/aromatic N) is 1. The first-order valence-electron chi connectivity index (χ1n) is 8.74. The lowest BCUT2D eigenvalue weighted by Gasteiger charge is -2.24. The molecule has 28 heavy (non-hydrogen) atoms. The van der Waals surface area contributed by atoms with Gasteiger partial charge in [-0.2, -0.15) is 0 Å². The van der Waals surface area contributed by atoms with Gasteiger partial charge in [0, 0.05) is 18.3 Å². The molecule has 0 radical (unpaired) electrons. The third-order valence-corrected chi connectivity index (χ3v) is 5.08. The summed E-state index contributed by atoms with van der Waals surface area (Å²) in [6, 6.07) is 8.73. The minimum absolute atomic E-state index is 0.0472. The monoisotopic (exact) mass is 401 g/mol. The van der Waals surface area contributed by atoms with Gasteiger partial charge in [-0.1, -0.05) is 24.4 Å². The molecule has 0 aromatic heterocycles. The standard InChI is InChI=1S/C22H21F2NO2S/c1-22(2,15-6-9-17(23)19(13-15)25-3)21(26)10-7-16(28)11-14-5-8-18(24)20(12-14)27-4/h5-6,8-9,12-13H,7,10-11H2,1-2,4H3. The van der Waals surface area contributed by atoms with Gasteiger partial charge < -0.3 is 4.74 Å². The smallest absolute Gasteiger partial charge is 0.222 e. The molecular formula is C22H21F2NO2S. The summed E-state index contributed by atoms with van der Waals surface area (Å²) in [5, 5.41) is 0. The number of ether oxygens (including phenoxy) is 1. The molecular weight excluding hydrogens is 380 g/mol. The highest BCUT2D eigenvalue weighted by Gasteiger charge is 2.29. The van der Waals surface area contributed by atoms with Crippen LogP contribution in [0.1, 0.15) is 37.8 Å². The Hall–Kier alpha value is -2.65. The van der Waals surface area contributed by atoms with Gasteiger partial charge in [0.2, 0.25) is 5.69 Å². The molecule has 0 fully saturated rings. The van der Waals surface area contributed by atoms with Crippen LogP contribution in [0.25, 0.3) is 4.85 Å². The van der Waals surface area contributed by atoms with Crippen molar-refractivity contribution in [1.29, 1.82) is 0 Å². The number of carbonyl (C=O) groups excluding carboxylic acids is 1. The summed E-state index contributed by atoms with van der Waals surface area (Å²) in [6.07, 6.45) is 1.08. The number of benzene rings is 2. The molecule has 6 heteroatoms. The molecule has 2 aromatic rings. The van der Waals surface area contributed by atoms with Crippen molar-refractivity contribution in [3.05, 3.63) is 70.6 Å². The van der Waals surface area contributed by atoms with Crippen LogP contribution in [-0.2, 0) is 16.6 Å². The van der Waals surface area contributed by atoms with Gasteiger partial charge in [0.05, 0.1) is 13.7 Å². The van der Waals surface area contributed by atoms with E-state index in [9.17, 15) is 13.6 Å². The molecule has 0 aliphatic carbocycles. The highest BCUT2D eigenvalue weighted by Crippen LogP contribution is 2.31. The molecule has 0 saturated heterocycles. The number of thiocarbonyl (C=S) groups is 1. The molecule has 0 bridgehead atoms. The molecule has 0 spiro atoms. The van der Waals surface area contributed by atoms with Crippen LogP contribution in [0, 0.1) is 18.2 Å². The Kier molecular flexibility index (Phi) is 6.98. The lowest BCUT2D eigenvalue weighted by Crippen LogP contribution is -2.29. The van der Waals surface area contributed by atoms with Gasteiger partial charge in [-0.15, -0.1) is 0 Å². The number of carbonyl (C=O) groups is 1. The average molecular weight is 401 g/mol. The highest BCUT2D eigenvalue weighted by molar-refractivity contribution is 7.80. The van der Waals surface area contributed by atoms with Crippen LogP contribution in [0.4, 0.5) is 14.5 Å². The second-order valence-electron chi connectivity index (χ2n) is 7.01. The number of Topliss-reactive ketones (excluding diaryl/α,β-unsaturated/α-hetero) is 1. The SMILES string of the molecule is [C-]#[N+]c1cc(C(C)(C)C(=O)CCC(=S)Cc2ccc(F)c(OC)c2)ccc1F. The van der Waals surface area contributed by atoms with E-state index in [0.717, 1.165) is 5.56 Å². The van der Waals surface area contributed by atoms with E-state index in [2.05, 4.69) is 4.85 Å². The van der Waals surface area contributed by atoms with Gasteiger partial charge in [-0.3, -0.25) is 4.79 Å². The van der Waals surface area contributed by atoms with E-state index in [0.29, 0.717) is 23.3 Å². The largest absolute Gasteiger partial charge is 0.494 e. The van der Waals surface area contributed by atoms with E-state index in [-0.39, 0.29) is 23.6 Å². The van der Waals surface area contributed by atoms with Crippen molar-refractivity contribution in [2.75, 3.05) is 7.11 Å². The quantitative estimate of drug-likeness (QED) is 0.416. The van der Waals surface area contributed by atoms with Crippen LogP contribution in [-0.4, -0.2) is 17.8 Å². The molecule has 0 aliphatic heterocycles. The summed E-state index contributed by atoms with van der Waals surface area (Å²) in [5.41, 5.74) is 0.454. The molecule has 0 unspecified atom stereocenters. The van der Waals surface area contributed by atoms with E-state index < -0.39 is 17.0 Å². The van der Waals surface area contributed by atoms with Crippen molar-refractivity contribution >= 4 is 28.6 Å². The van der Waals surface area contributed by atoms with Crippen molar-refractivity contribution in [2.24, 2.45) is 0 Å². The summed E-state index contributed by atoms with van der Waals surface area (Å²) in [7, 11) is 1.40. The van der Waals surface area contributed by atoms with Gasteiger partial charge in [-0.25, -0.2) is 13.6 Å². The maximum Gasteiger partial charge on any atom is 0.222 e. The number of halogens is 2. The Labute approximate surface area is 169 Å². The molecule has 0 saturated carbocycles. The molecule has 3 nitrogen and oxygen atoms in total. The van der Waals surface area contributed by atoms with Crippen LogP contribution in [0.5, 0.6) is 5.75 Å². The summed E-state index contributed by atoms with van der Waals surface area (Å²) >= 11 is 5.39. The lowest BCUT2D eigenvalue weighted by molar-refractivity contribution is -0.123. The van der Waals surface area contributed by atoms with Gasteiger partial charge in [0.25, 0.3) is 0 Å². The van der Waals surface area contributed by atoms with E-state index in [1.54, 1.807) is 26.0 Å². The Morgan fingerprint density at radius 3 is 2.46 bits per heavy atom. The van der Waals surface area contributed by atoms with E-state index in [1.807, 2.05) is 0 Å². The predicted molar refractivity (Wildman–Crippen MR) is 109 cm³/mol. The third-order valence-electron chi connectivity index (χ3n) is 4.73. The predicted octanol–water partition coefficient (Wildman–Crippen LogP) is 5.76. The highest BCUT2D eigenvalue weighted by atomic mass is 32.1. The molecule has 0 N–H and O–H groups in total. The fourth-order valence-corrected chi connectivity index (χ4v) is 3.11. The van der Waals surface area contributed by atoms with Gasteiger partial charge in [0.1, 0.15) is 11.6 Å². The van der Waals surface area contributed by atoms with Gasteiger partial charge in [0.15, 0.2) is 11.6 Å². The summed E-state index contributed by atoms with van der Waals surface area (Å²) in [4.78, 5) is 16.6. The third kappa shape index (κ3) is 4.99. The zero-order valence-corrected chi connectivity index (χ0v) is 16.8. The second kappa shape index (κ2) is 9.03. The number of ketones is 1. The normalized spacial score (nSPS) is 11.0. The first-order chi connectivity index (χ1) is 13.2. The molecule has 0 aliphatic rings. The fraction of sp³-hybridized carbons (Fsp3) is 0.318. The van der Waals surface area contributed by atoms with Gasteiger partial charge in [-0.05, 0) is 60.5 Å². The molecule has 0 amide bonds. The Bertz CT molecular complexity index is 948. The Balaban J connectivity index is 2.02. The zero-order valence-electron chi connectivity index (χ0n) is 16.0. The van der Waals surface area contributed by atoms with Crippen molar-refractivity contribution in [3.8, 4) is 5.75 Å². The van der Waals surface area contributed by atoms with E-state index >= 15 is 0 Å². The van der Waals surface area contributed by atoms with E-state index in [4.69, 9.17) is 23.5 Å². The maximum absolute atomic E-state index is 13.6. The Morgan fingerprint density at radius 1 is 1.14 bits per heavy atom. The number of rotatable bonds is 8. The van der Waals surface area contributed by atoms with Crippen molar-refractivity contribution in [1.82, 2.24) is 0 Å². The molecule has 0 atom stereocenters. The van der Waals surface area contributed by atoms with Crippen LogP contribution in [0.3, 0.4) is 0 Å².